The first-order chi connectivity index (χ1) is 13.5. The maximum absolute atomic E-state index is 4.89. The Bertz CT molecular complexity index is 432. The average Bonchev–Trinajstić information content (AvgIpc) is 3.46. The first kappa shape index (κ1) is 23.9. The Kier molecular flexibility index (Phi) is 10.1. The van der Waals surface area contributed by atoms with Crippen LogP contribution in [0.4, 0.5) is 0 Å². The van der Waals surface area contributed by atoms with E-state index in [1.165, 1.54) is 62.2 Å². The number of hydrogen-bond donors (Lipinski definition) is 0. The maximum atomic E-state index is 4.89. The summed E-state index contributed by atoms with van der Waals surface area (Å²) in [6.45, 7) is 7.28. The molecule has 0 heterocycles. The topological polar surface area (TPSA) is 0 Å². The van der Waals surface area contributed by atoms with Crippen molar-refractivity contribution >= 4 is 18.6 Å². The summed E-state index contributed by atoms with van der Waals surface area (Å²) in [6, 6.07) is 0. The molecule has 160 valence electrons. The van der Waals surface area contributed by atoms with Crippen molar-refractivity contribution in [2.75, 3.05) is 0 Å². The summed E-state index contributed by atoms with van der Waals surface area (Å²) in [5.41, 5.74) is 0. The molecule has 0 N–H and O–H groups in total. The second-order valence-corrected chi connectivity index (χ2v) is 13.3. The van der Waals surface area contributed by atoms with Crippen molar-refractivity contribution in [1.82, 2.24) is 0 Å². The molecule has 0 nitrogen and oxygen atoms in total. The van der Waals surface area contributed by atoms with Crippen LogP contribution in [0.3, 0.4) is 0 Å². The van der Waals surface area contributed by atoms with E-state index in [1.54, 1.807) is 38.5 Å². The average molecular weight is 461 g/mol. The molecule has 28 heavy (non-hydrogen) atoms. The molecule has 0 aromatic carbocycles. The van der Waals surface area contributed by atoms with E-state index in [-0.39, 0.29) is 0 Å². The second kappa shape index (κ2) is 11.8. The van der Waals surface area contributed by atoms with Crippen LogP contribution in [0.15, 0.2) is 0 Å². The molecule has 4 unspecified atom stereocenters. The molecule has 5 aliphatic carbocycles. The van der Waals surface area contributed by atoms with Crippen LogP contribution in [-0.2, 0) is 17.0 Å². The van der Waals surface area contributed by atoms with Gasteiger partial charge in [-0.15, -0.1) is 0 Å². The molecular formula is C25H42Cl2Ti. The van der Waals surface area contributed by atoms with Crippen LogP contribution < -0.4 is 0 Å². The molecular weight excluding hydrogens is 419 g/mol. The van der Waals surface area contributed by atoms with Crippen LogP contribution >= 0.6 is 18.6 Å². The molecule has 5 saturated carbocycles. The van der Waals surface area contributed by atoms with E-state index < -0.39 is 17.0 Å². The number of halogens is 2. The Morgan fingerprint density at radius 3 is 2.07 bits per heavy atom. The van der Waals surface area contributed by atoms with E-state index in [0.717, 1.165) is 23.7 Å². The Morgan fingerprint density at radius 2 is 1.54 bits per heavy atom. The van der Waals surface area contributed by atoms with Crippen LogP contribution in [0, 0.1) is 59.7 Å². The van der Waals surface area contributed by atoms with Crippen molar-refractivity contribution in [1.29, 1.82) is 0 Å². The molecule has 0 amide bonds. The van der Waals surface area contributed by atoms with Gasteiger partial charge in [-0.3, -0.25) is 0 Å². The summed E-state index contributed by atoms with van der Waals surface area (Å²) in [5, 5.41) is 0. The predicted octanol–water partition coefficient (Wildman–Crippen LogP) is 8.87. The third kappa shape index (κ3) is 5.95. The Hall–Kier alpha value is 1.29. The summed E-state index contributed by atoms with van der Waals surface area (Å²) in [4.78, 5) is 0. The van der Waals surface area contributed by atoms with Crippen molar-refractivity contribution in [2.24, 2.45) is 47.3 Å². The number of fused-ring (bicyclic) bond motifs is 5. The quantitative estimate of drug-likeness (QED) is 0.360. The van der Waals surface area contributed by atoms with Gasteiger partial charge in [-0.05, 0) is 117 Å². The minimum absolute atomic E-state index is 0.556. The summed E-state index contributed by atoms with van der Waals surface area (Å²) < 4.78 is 0. The van der Waals surface area contributed by atoms with E-state index in [1.807, 2.05) is 5.92 Å². The molecule has 5 fully saturated rings. The van der Waals surface area contributed by atoms with Crippen molar-refractivity contribution in [2.45, 2.75) is 97.8 Å². The van der Waals surface area contributed by atoms with Crippen LogP contribution in [0.25, 0.3) is 0 Å². The van der Waals surface area contributed by atoms with Crippen LogP contribution in [0.1, 0.15) is 97.8 Å². The van der Waals surface area contributed by atoms with Gasteiger partial charge in [0, 0.05) is 0 Å². The molecule has 5 rings (SSSR count). The minimum atomic E-state index is -0.556. The van der Waals surface area contributed by atoms with Gasteiger partial charge >= 0.3 is 35.6 Å². The normalized spacial score (nSPS) is 41.9. The molecule has 7 atom stereocenters. The zero-order chi connectivity index (χ0) is 20.1. The SMILES string of the molecule is C1CC2C3CCC(C3)C2C1.CC(C)[C@@H]1CC[C@@H](C)C[C@@H]1[C]1[CH]CCC1.[Cl][Ti][Cl]. The van der Waals surface area contributed by atoms with Crippen molar-refractivity contribution in [3.8, 4) is 0 Å². The molecule has 2 bridgehead atoms. The molecule has 0 spiro atoms. The third-order valence-electron chi connectivity index (χ3n) is 8.92. The van der Waals surface area contributed by atoms with Crippen LogP contribution in [0.2, 0.25) is 0 Å². The second-order valence-electron chi connectivity index (χ2n) is 10.8. The van der Waals surface area contributed by atoms with Gasteiger partial charge in [-0.1, -0.05) is 40.0 Å². The fourth-order valence-electron chi connectivity index (χ4n) is 7.68. The molecule has 5 aliphatic rings. The summed E-state index contributed by atoms with van der Waals surface area (Å²) in [7, 11) is 9.78. The Morgan fingerprint density at radius 1 is 0.893 bits per heavy atom. The van der Waals surface area contributed by atoms with E-state index in [0.29, 0.717) is 0 Å². The van der Waals surface area contributed by atoms with Gasteiger partial charge in [0.15, 0.2) is 0 Å². The molecule has 0 aromatic rings. The fourth-order valence-corrected chi connectivity index (χ4v) is 7.68. The van der Waals surface area contributed by atoms with Gasteiger partial charge in [0.2, 0.25) is 0 Å². The third-order valence-corrected chi connectivity index (χ3v) is 8.92. The van der Waals surface area contributed by atoms with Gasteiger partial charge in [0.05, 0.1) is 0 Å². The standard InChI is InChI=1S/C15H26.C10H16.2ClH.Ti/c1-11(2)14-9-8-12(3)10-15(14)13-6-4-5-7-13;1-2-9-7-4-5-8(6-7)10(9)3-1;;;/h6,11-12,14-15H,4-5,7-10H2,1-3H3;7-10H,1-6H2;2*1H;/q;;;;+2/p-2/t12-,14+,15-;;;;/m1..../s1. The molecule has 0 aliphatic heterocycles. The van der Waals surface area contributed by atoms with E-state index >= 15 is 0 Å². The zero-order valence-electron chi connectivity index (χ0n) is 18.4. The predicted molar refractivity (Wildman–Crippen MR) is 120 cm³/mol. The molecule has 0 saturated heterocycles. The van der Waals surface area contributed by atoms with Crippen molar-refractivity contribution in [3.63, 3.8) is 0 Å². The van der Waals surface area contributed by atoms with Crippen molar-refractivity contribution in [3.05, 3.63) is 12.3 Å². The number of hydrogen-bond acceptors (Lipinski definition) is 0. The molecule has 0 aromatic heterocycles. The monoisotopic (exact) mass is 460 g/mol. The summed E-state index contributed by atoms with van der Waals surface area (Å²) in [5.74, 6) is 10.4. The number of rotatable bonds is 2. The van der Waals surface area contributed by atoms with Crippen molar-refractivity contribution < 1.29 is 17.0 Å². The summed E-state index contributed by atoms with van der Waals surface area (Å²) >= 11 is -0.556. The first-order valence-corrected chi connectivity index (χ1v) is 16.5. The Balaban J connectivity index is 0.000000148. The van der Waals surface area contributed by atoms with Crippen LogP contribution in [-0.4, -0.2) is 0 Å². The zero-order valence-corrected chi connectivity index (χ0v) is 21.5. The van der Waals surface area contributed by atoms with E-state index in [9.17, 15) is 0 Å². The van der Waals surface area contributed by atoms with Gasteiger partial charge < -0.3 is 0 Å². The van der Waals surface area contributed by atoms with Gasteiger partial charge in [0.25, 0.3) is 0 Å². The Labute approximate surface area is 192 Å². The van der Waals surface area contributed by atoms with Gasteiger partial charge in [0.1, 0.15) is 0 Å². The molecule has 3 heteroatoms. The van der Waals surface area contributed by atoms with Crippen LogP contribution in [0.5, 0.6) is 0 Å². The molecule has 2 radical (unpaired) electrons. The fraction of sp³-hybridized carbons (Fsp3) is 0.920. The first-order valence-electron chi connectivity index (χ1n) is 12.2. The van der Waals surface area contributed by atoms with E-state index in [2.05, 4.69) is 27.2 Å². The van der Waals surface area contributed by atoms with E-state index in [4.69, 9.17) is 18.6 Å². The van der Waals surface area contributed by atoms with Gasteiger partial charge in [-0.2, -0.15) is 0 Å². The van der Waals surface area contributed by atoms with Gasteiger partial charge in [-0.25, -0.2) is 0 Å². The summed E-state index contributed by atoms with van der Waals surface area (Å²) in [6.07, 6.45) is 20.7.